The van der Waals surface area contributed by atoms with Crippen LogP contribution in [0.25, 0.3) is 0 Å². The number of amides is 2. The van der Waals surface area contributed by atoms with Crippen molar-refractivity contribution < 1.29 is 23.4 Å². The first-order valence-electron chi connectivity index (χ1n) is 8.15. The van der Waals surface area contributed by atoms with E-state index in [1.165, 1.54) is 6.07 Å². The van der Waals surface area contributed by atoms with Gasteiger partial charge < -0.3 is 20.1 Å². The number of benzene rings is 1. The van der Waals surface area contributed by atoms with E-state index < -0.39 is 6.61 Å². The first-order valence-corrected chi connectivity index (χ1v) is 8.15. The van der Waals surface area contributed by atoms with Crippen LogP contribution in [0.4, 0.5) is 13.6 Å². The topological polar surface area (TPSA) is 61.8 Å². The maximum Gasteiger partial charge on any atom is 0.387 e. The number of rotatable bonds is 6. The van der Waals surface area contributed by atoms with Crippen LogP contribution >= 0.6 is 0 Å². The summed E-state index contributed by atoms with van der Waals surface area (Å²) >= 11 is 0. The van der Waals surface area contributed by atoms with Gasteiger partial charge >= 0.3 is 12.6 Å². The Hall–Kier alpha value is -1.89. The molecule has 0 aromatic heterocycles. The third-order valence-electron chi connectivity index (χ3n) is 4.56. The summed E-state index contributed by atoms with van der Waals surface area (Å²) in [4.78, 5) is 13.9. The molecule has 0 radical (unpaired) electrons. The van der Waals surface area contributed by atoms with Gasteiger partial charge in [0.15, 0.2) is 0 Å². The first kappa shape index (κ1) is 18.4. The van der Waals surface area contributed by atoms with E-state index in [2.05, 4.69) is 10.1 Å². The maximum atomic E-state index is 12.4. The molecule has 7 heteroatoms. The Labute approximate surface area is 140 Å². The quantitative estimate of drug-likeness (QED) is 0.835. The molecule has 2 rings (SSSR count). The summed E-state index contributed by atoms with van der Waals surface area (Å²) in [6, 6.07) is 6.31. The Morgan fingerprint density at radius 3 is 2.62 bits per heavy atom. The number of aliphatic hydroxyl groups excluding tert-OH is 1. The van der Waals surface area contributed by atoms with Crippen LogP contribution in [0.1, 0.15) is 31.2 Å². The summed E-state index contributed by atoms with van der Waals surface area (Å²) in [7, 11) is 1.74. The van der Waals surface area contributed by atoms with Gasteiger partial charge in [0.1, 0.15) is 5.75 Å². The van der Waals surface area contributed by atoms with Crippen molar-refractivity contribution in [3.8, 4) is 5.75 Å². The number of halogens is 2. The summed E-state index contributed by atoms with van der Waals surface area (Å²) in [5, 5.41) is 11.9. The minimum Gasteiger partial charge on any atom is -0.434 e. The van der Waals surface area contributed by atoms with E-state index in [-0.39, 0.29) is 31.0 Å². The summed E-state index contributed by atoms with van der Waals surface area (Å²) in [5.74, 6) is 0.398. The number of aliphatic hydroxyl groups is 1. The number of nitrogens with zero attached hydrogens (tertiary/aromatic N) is 1. The zero-order valence-electron chi connectivity index (χ0n) is 13.8. The molecule has 0 spiro atoms. The molecule has 0 bridgehead atoms. The lowest BCUT2D eigenvalue weighted by Crippen LogP contribution is -2.45. The van der Waals surface area contributed by atoms with Crippen molar-refractivity contribution in [1.82, 2.24) is 10.2 Å². The van der Waals surface area contributed by atoms with Crippen LogP contribution in [0.15, 0.2) is 24.3 Å². The van der Waals surface area contributed by atoms with E-state index in [0.717, 1.165) is 25.7 Å². The molecule has 1 saturated carbocycles. The van der Waals surface area contributed by atoms with Gasteiger partial charge in [0.25, 0.3) is 0 Å². The van der Waals surface area contributed by atoms with Crippen molar-refractivity contribution >= 4 is 6.03 Å². The number of hydrogen-bond donors (Lipinski definition) is 2. The van der Waals surface area contributed by atoms with Gasteiger partial charge in [-0.25, -0.2) is 4.79 Å². The molecule has 0 heterocycles. The SMILES string of the molecule is CN(C(=O)NCc1ccccc1OC(F)F)C1CCC(CO)CC1. The first-order chi connectivity index (χ1) is 11.5. The van der Waals surface area contributed by atoms with Gasteiger partial charge in [-0.05, 0) is 37.7 Å². The van der Waals surface area contributed by atoms with Crippen molar-refractivity contribution in [2.24, 2.45) is 5.92 Å². The number of ether oxygens (including phenoxy) is 1. The minimum atomic E-state index is -2.90. The Kier molecular flexibility index (Phi) is 6.78. The molecule has 2 N–H and O–H groups in total. The highest BCUT2D eigenvalue weighted by molar-refractivity contribution is 5.74. The Morgan fingerprint density at radius 1 is 1.33 bits per heavy atom. The summed E-state index contributed by atoms with van der Waals surface area (Å²) in [6.07, 6.45) is 3.54. The summed E-state index contributed by atoms with van der Waals surface area (Å²) in [5.41, 5.74) is 0.503. The molecule has 2 amide bonds. The predicted octanol–water partition coefficient (Wildman–Crippen LogP) is 2.98. The molecule has 0 aliphatic heterocycles. The Morgan fingerprint density at radius 2 is 2.00 bits per heavy atom. The number of carbonyl (C=O) groups excluding carboxylic acids is 1. The molecule has 1 aromatic carbocycles. The van der Waals surface area contributed by atoms with Crippen LogP contribution in [0.3, 0.4) is 0 Å². The van der Waals surface area contributed by atoms with E-state index in [1.54, 1.807) is 30.1 Å². The Balaban J connectivity index is 1.87. The molecule has 24 heavy (non-hydrogen) atoms. The van der Waals surface area contributed by atoms with E-state index in [1.807, 2.05) is 0 Å². The van der Waals surface area contributed by atoms with E-state index in [9.17, 15) is 13.6 Å². The molecule has 1 fully saturated rings. The molecular weight excluding hydrogens is 318 g/mol. The zero-order valence-corrected chi connectivity index (χ0v) is 13.8. The molecule has 0 saturated heterocycles. The van der Waals surface area contributed by atoms with Crippen molar-refractivity contribution in [3.63, 3.8) is 0 Å². The van der Waals surface area contributed by atoms with Gasteiger partial charge in [-0.1, -0.05) is 18.2 Å². The lowest BCUT2D eigenvalue weighted by Gasteiger charge is -2.34. The van der Waals surface area contributed by atoms with Gasteiger partial charge in [0, 0.05) is 31.8 Å². The fraction of sp³-hybridized carbons (Fsp3) is 0.588. The second-order valence-electron chi connectivity index (χ2n) is 6.11. The van der Waals surface area contributed by atoms with Gasteiger partial charge in [-0.15, -0.1) is 0 Å². The molecule has 1 aliphatic carbocycles. The maximum absolute atomic E-state index is 12.4. The fourth-order valence-electron chi connectivity index (χ4n) is 3.04. The molecule has 1 aromatic rings. The highest BCUT2D eigenvalue weighted by Gasteiger charge is 2.26. The van der Waals surface area contributed by atoms with E-state index in [0.29, 0.717) is 11.5 Å². The standard InChI is InChI=1S/C17H24F2N2O3/c1-21(14-8-6-12(11-22)7-9-14)17(23)20-10-13-4-2-3-5-15(13)24-16(18)19/h2-5,12,14,16,22H,6-11H2,1H3,(H,20,23). The van der Waals surface area contributed by atoms with Crippen molar-refractivity contribution in [3.05, 3.63) is 29.8 Å². The van der Waals surface area contributed by atoms with E-state index >= 15 is 0 Å². The largest absolute Gasteiger partial charge is 0.434 e. The number of hydrogen-bond acceptors (Lipinski definition) is 3. The van der Waals surface area contributed by atoms with Crippen molar-refractivity contribution in [1.29, 1.82) is 0 Å². The molecule has 0 atom stereocenters. The van der Waals surface area contributed by atoms with E-state index in [4.69, 9.17) is 5.11 Å². The van der Waals surface area contributed by atoms with Crippen LogP contribution in [0.2, 0.25) is 0 Å². The zero-order chi connectivity index (χ0) is 17.5. The lowest BCUT2D eigenvalue weighted by molar-refractivity contribution is -0.0504. The number of alkyl halides is 2. The minimum absolute atomic E-state index is 0.0684. The highest BCUT2D eigenvalue weighted by Crippen LogP contribution is 2.26. The fourth-order valence-corrected chi connectivity index (χ4v) is 3.04. The molecule has 5 nitrogen and oxygen atoms in total. The third kappa shape index (κ3) is 5.06. The molecule has 134 valence electrons. The predicted molar refractivity (Wildman–Crippen MR) is 85.9 cm³/mol. The number of para-hydroxylation sites is 1. The summed E-state index contributed by atoms with van der Waals surface area (Å²) in [6.45, 7) is -2.58. The number of urea groups is 1. The Bertz CT molecular complexity index is 534. The van der Waals surface area contributed by atoms with Crippen LogP contribution in [-0.2, 0) is 6.54 Å². The van der Waals surface area contributed by atoms with Crippen LogP contribution in [0.5, 0.6) is 5.75 Å². The third-order valence-corrected chi connectivity index (χ3v) is 4.56. The monoisotopic (exact) mass is 342 g/mol. The summed E-state index contributed by atoms with van der Waals surface area (Å²) < 4.78 is 29.2. The van der Waals surface area contributed by atoms with Gasteiger partial charge in [-0.3, -0.25) is 0 Å². The normalized spacial score (nSPS) is 20.7. The average Bonchev–Trinajstić information content (AvgIpc) is 2.59. The smallest absolute Gasteiger partial charge is 0.387 e. The van der Waals surface area contributed by atoms with Crippen LogP contribution in [0, 0.1) is 5.92 Å². The number of nitrogens with one attached hydrogen (secondary N) is 1. The molecule has 0 unspecified atom stereocenters. The molecule has 1 aliphatic rings. The second-order valence-corrected chi connectivity index (χ2v) is 6.11. The highest BCUT2D eigenvalue weighted by atomic mass is 19.3. The van der Waals surface area contributed by atoms with Crippen molar-refractivity contribution in [2.75, 3.05) is 13.7 Å². The van der Waals surface area contributed by atoms with Gasteiger partial charge in [0.2, 0.25) is 0 Å². The second kappa shape index (κ2) is 8.82. The lowest BCUT2D eigenvalue weighted by atomic mass is 9.86. The van der Waals surface area contributed by atoms with Gasteiger partial charge in [0.05, 0.1) is 0 Å². The van der Waals surface area contributed by atoms with Crippen molar-refractivity contribution in [2.45, 2.75) is 44.9 Å². The molecular formula is C17H24F2N2O3. The average molecular weight is 342 g/mol. The van der Waals surface area contributed by atoms with Gasteiger partial charge in [-0.2, -0.15) is 8.78 Å². The number of carbonyl (C=O) groups is 1. The van der Waals surface area contributed by atoms with Crippen LogP contribution < -0.4 is 10.1 Å². The van der Waals surface area contributed by atoms with Crippen LogP contribution in [-0.4, -0.2) is 42.3 Å².